The molecule has 2 unspecified atom stereocenters. The number of hydrogen-bond donors (Lipinski definition) is 2. The van der Waals surface area contributed by atoms with Crippen LogP contribution in [0.15, 0.2) is 98.1 Å². The number of amides is 2. The number of aryl methyl sites for hydroxylation is 2. The molecule has 4 atom stereocenters. The van der Waals surface area contributed by atoms with Gasteiger partial charge < -0.3 is 38.6 Å². The Morgan fingerprint density at radius 1 is 0.571 bits per heavy atom. The van der Waals surface area contributed by atoms with Crippen molar-refractivity contribution in [1.82, 2.24) is 48.7 Å². The molecule has 2 fully saturated rings. The maximum absolute atomic E-state index is 12.7. The van der Waals surface area contributed by atoms with Crippen molar-refractivity contribution < 1.29 is 73.3 Å². The maximum Gasteiger partial charge on any atom is 0.410 e. The molecule has 10 rings (SSSR count). The summed E-state index contributed by atoms with van der Waals surface area (Å²) in [6, 6.07) is 19.2. The number of piperazine rings is 2. The molecule has 6 heterocycles. The third kappa shape index (κ3) is 12.4. The van der Waals surface area contributed by atoms with Crippen LogP contribution >= 0.6 is 23.2 Å². The smallest absolute Gasteiger partial charge is 0.410 e. The molecule has 2 saturated heterocycles. The number of carbonyl (C=O) groups is 2. The molecule has 77 heavy (non-hydrogen) atoms. The Morgan fingerprint density at radius 2 is 0.935 bits per heavy atom. The van der Waals surface area contributed by atoms with Gasteiger partial charge in [-0.15, -0.1) is 0 Å². The second-order valence-electron chi connectivity index (χ2n) is 22.3. The summed E-state index contributed by atoms with van der Waals surface area (Å²) in [6.07, 6.45) is 13.8. The number of rotatable bonds is 6. The van der Waals surface area contributed by atoms with E-state index in [0.717, 1.165) is 55.9 Å². The zero-order valence-corrected chi connectivity index (χ0v) is 51.8. The minimum Gasteiger partial charge on any atom is -0.444 e. The van der Waals surface area contributed by atoms with Crippen LogP contribution in [0.5, 0.6) is 0 Å². The molecule has 4 aromatic heterocycles. The first-order chi connectivity index (χ1) is 35.9. The number of imidazole rings is 2. The van der Waals surface area contributed by atoms with Crippen LogP contribution in [0.2, 0.25) is 10.0 Å². The third-order valence-corrected chi connectivity index (χ3v) is 14.9. The van der Waals surface area contributed by atoms with Crippen molar-refractivity contribution in [3.05, 3.63) is 164 Å². The van der Waals surface area contributed by atoms with E-state index in [1.54, 1.807) is 61.1 Å². The van der Waals surface area contributed by atoms with Crippen molar-refractivity contribution >= 4 is 58.7 Å². The summed E-state index contributed by atoms with van der Waals surface area (Å²) in [7, 11) is 3.74. The molecule has 2 aliphatic carbocycles. The molecule has 1 radical (unpaired) electrons. The number of carbonyl (C=O) groups excluding carboxylic acids is 2. The number of benzene rings is 2. The molecule has 2 aliphatic heterocycles. The molecular formula is C58H68AcCl2N10O6. The van der Waals surface area contributed by atoms with Crippen molar-refractivity contribution in [2.45, 2.75) is 89.9 Å². The molecule has 6 aromatic rings. The van der Waals surface area contributed by atoms with Gasteiger partial charge in [-0.05, 0) is 148 Å². The number of ether oxygens (including phenoxy) is 2. The minimum absolute atomic E-state index is 0. The molecule has 19 heteroatoms. The average molecular weight is 1300 g/mol. The van der Waals surface area contributed by atoms with E-state index in [1.807, 2.05) is 138 Å². The van der Waals surface area contributed by atoms with Crippen LogP contribution in [0.25, 0.3) is 23.3 Å². The van der Waals surface area contributed by atoms with Crippen LogP contribution in [0.1, 0.15) is 124 Å². The first-order valence-electron chi connectivity index (χ1n) is 25.7. The van der Waals surface area contributed by atoms with Gasteiger partial charge in [0.15, 0.2) is 0 Å². The Bertz CT molecular complexity index is 2980. The van der Waals surface area contributed by atoms with Gasteiger partial charge in [-0.2, -0.15) is 0 Å². The van der Waals surface area contributed by atoms with E-state index in [9.17, 15) is 19.8 Å². The monoisotopic (exact) mass is 1300 g/mol. The van der Waals surface area contributed by atoms with E-state index >= 15 is 0 Å². The number of fused-ring (bicyclic) bond motifs is 4. The van der Waals surface area contributed by atoms with E-state index in [0.29, 0.717) is 73.8 Å². The number of aromatic nitrogens is 6. The molecule has 2 amide bonds. The number of pyridine rings is 2. The number of nitrogens with zero attached hydrogens (tertiary/aromatic N) is 10. The van der Waals surface area contributed by atoms with Crippen LogP contribution in [0, 0.1) is 44.1 Å². The van der Waals surface area contributed by atoms with Gasteiger partial charge in [-0.1, -0.05) is 47.5 Å². The SMILES string of the molecule is Cn1cncc1C(C)(O)C1=Cc2cccnc2[C@@H](N2CCN(C(=O)OC(C)(C)C)CC2)c2ccc(Cl)cc21.Cn1cncc1C(C)(O)C1=Cc2cccnc2[C@@H](N2CCN(C(=O)OC(C)(C)C)CC2)c2ccc(Cl)cc21.[Ac]. The Labute approximate surface area is 497 Å². The second-order valence-corrected chi connectivity index (χ2v) is 23.1. The molecule has 0 saturated carbocycles. The predicted molar refractivity (Wildman–Crippen MR) is 295 cm³/mol. The first-order valence-corrected chi connectivity index (χ1v) is 26.4. The summed E-state index contributed by atoms with van der Waals surface area (Å²) in [5, 5.41) is 25.2. The molecular weight excluding hydrogens is 1230 g/mol. The third-order valence-electron chi connectivity index (χ3n) is 14.4. The molecule has 2 N–H and O–H groups in total. The molecule has 16 nitrogen and oxygen atoms in total. The Hall–Kier alpha value is -4.96. The number of hydrogen-bond acceptors (Lipinski definition) is 12. The van der Waals surface area contributed by atoms with Crippen LogP contribution in [0.4, 0.5) is 9.59 Å². The van der Waals surface area contributed by atoms with E-state index in [1.165, 1.54) is 0 Å². The molecule has 0 spiro atoms. The number of aliphatic hydroxyl groups is 2. The summed E-state index contributed by atoms with van der Waals surface area (Å²) in [5.74, 6) is 0. The van der Waals surface area contributed by atoms with Crippen LogP contribution in [0.3, 0.4) is 0 Å². The van der Waals surface area contributed by atoms with Gasteiger partial charge >= 0.3 is 12.2 Å². The van der Waals surface area contributed by atoms with Gasteiger partial charge in [0.05, 0.1) is 59.9 Å². The van der Waals surface area contributed by atoms with Crippen molar-refractivity contribution in [2.24, 2.45) is 14.1 Å². The fourth-order valence-corrected chi connectivity index (χ4v) is 11.1. The maximum atomic E-state index is 12.7. The van der Waals surface area contributed by atoms with E-state index < -0.39 is 22.4 Å². The largest absolute Gasteiger partial charge is 0.444 e. The van der Waals surface area contributed by atoms with Crippen LogP contribution in [-0.4, -0.2) is 135 Å². The van der Waals surface area contributed by atoms with Gasteiger partial charge in [0.1, 0.15) is 22.4 Å². The fourth-order valence-electron chi connectivity index (χ4n) is 10.8. The second kappa shape index (κ2) is 23.0. The summed E-state index contributed by atoms with van der Waals surface area (Å²) in [6.45, 7) is 19.6. The van der Waals surface area contributed by atoms with E-state index in [-0.39, 0.29) is 68.3 Å². The molecule has 2 aromatic carbocycles. The van der Waals surface area contributed by atoms with Crippen molar-refractivity contribution in [1.29, 1.82) is 0 Å². The van der Waals surface area contributed by atoms with Crippen molar-refractivity contribution in [3.8, 4) is 0 Å². The minimum atomic E-state index is -1.35. The standard InChI is InChI=1S/2C29H34ClN5O3.Ac/c2*1-28(2,3)38-27(36)35-13-11-34(12-14-35)26-21-9-8-20(30)16-22(21)23(15-19-7-6-10-32-25(19)26)29(4,37)24-17-31-18-33(24)5;/h2*6-10,15-18,26,37H,11-14H2,1-5H3;/t2*26-,29?;/m00./s1. The summed E-state index contributed by atoms with van der Waals surface area (Å²) in [4.78, 5) is 51.7. The zero-order chi connectivity index (χ0) is 54.5. The molecule has 0 bridgehead atoms. The fraction of sp³-hybridized carbons (Fsp3) is 0.414. The summed E-state index contributed by atoms with van der Waals surface area (Å²) in [5.41, 5.74) is 6.42. The van der Waals surface area contributed by atoms with E-state index in [4.69, 9.17) is 42.6 Å². The van der Waals surface area contributed by atoms with Gasteiger partial charge in [0, 0.05) is 133 Å². The first kappa shape index (κ1) is 58.2. The van der Waals surface area contributed by atoms with Gasteiger partial charge in [0.2, 0.25) is 0 Å². The zero-order valence-electron chi connectivity index (χ0n) is 45.5. The van der Waals surface area contributed by atoms with Gasteiger partial charge in [-0.25, -0.2) is 19.6 Å². The van der Waals surface area contributed by atoms with Crippen LogP contribution < -0.4 is 0 Å². The van der Waals surface area contributed by atoms with Crippen molar-refractivity contribution in [2.75, 3.05) is 52.4 Å². The Kier molecular flexibility index (Phi) is 17.4. The quantitative estimate of drug-likeness (QED) is 0.162. The number of halogens is 2. The average Bonchev–Trinajstić information content (AvgIpc) is 4.02. The van der Waals surface area contributed by atoms with Crippen molar-refractivity contribution in [3.63, 3.8) is 0 Å². The molecule has 4 aliphatic rings. The normalized spacial score (nSPS) is 19.4. The van der Waals surface area contributed by atoms with Gasteiger partial charge in [-0.3, -0.25) is 19.8 Å². The summed E-state index contributed by atoms with van der Waals surface area (Å²) >= 11 is 13.1. The Morgan fingerprint density at radius 3 is 1.26 bits per heavy atom. The van der Waals surface area contributed by atoms with Gasteiger partial charge in [0.25, 0.3) is 0 Å². The van der Waals surface area contributed by atoms with E-state index in [2.05, 4.69) is 19.8 Å². The predicted octanol–water partition coefficient (Wildman–Crippen LogP) is 9.74. The topological polar surface area (TPSA) is 167 Å². The summed E-state index contributed by atoms with van der Waals surface area (Å²) < 4.78 is 14.9. The van der Waals surface area contributed by atoms with Crippen LogP contribution in [-0.2, 0) is 34.8 Å². The Balaban J connectivity index is 0.000000201. The molecule has 403 valence electrons.